The second kappa shape index (κ2) is 4.60. The Morgan fingerprint density at radius 2 is 2.17 bits per heavy atom. The minimum atomic E-state index is -0.249. The van der Waals surface area contributed by atoms with E-state index in [1.54, 1.807) is 5.38 Å². The fourth-order valence-corrected chi connectivity index (χ4v) is 3.76. The lowest BCUT2D eigenvalue weighted by Crippen LogP contribution is -2.48. The van der Waals surface area contributed by atoms with Crippen LogP contribution in [0.3, 0.4) is 0 Å². The molecule has 0 aliphatic carbocycles. The molecule has 2 fully saturated rings. The van der Waals surface area contributed by atoms with Gasteiger partial charge in [-0.3, -0.25) is 4.79 Å². The van der Waals surface area contributed by atoms with Crippen LogP contribution in [0.4, 0.5) is 0 Å². The first-order chi connectivity index (χ1) is 8.69. The van der Waals surface area contributed by atoms with Gasteiger partial charge in [0.05, 0.1) is 6.10 Å². The minimum Gasteiger partial charge on any atom is -0.393 e. The van der Waals surface area contributed by atoms with Gasteiger partial charge in [0.2, 0.25) is 0 Å². The van der Waals surface area contributed by atoms with E-state index in [1.165, 1.54) is 11.3 Å². The van der Waals surface area contributed by atoms with Gasteiger partial charge in [-0.05, 0) is 25.7 Å². The lowest BCUT2D eigenvalue weighted by atomic mass is 9.99. The molecule has 1 aromatic rings. The molecule has 2 aliphatic heterocycles. The molecular formula is C12H17N3O2S. The highest BCUT2D eigenvalue weighted by atomic mass is 32.1. The summed E-state index contributed by atoms with van der Waals surface area (Å²) in [7, 11) is 0. The number of fused-ring (bicyclic) bond motifs is 2. The van der Waals surface area contributed by atoms with Crippen LogP contribution in [-0.2, 0) is 6.54 Å². The van der Waals surface area contributed by atoms with E-state index >= 15 is 0 Å². The predicted molar refractivity (Wildman–Crippen MR) is 68.2 cm³/mol. The van der Waals surface area contributed by atoms with Crippen molar-refractivity contribution in [3.63, 3.8) is 0 Å². The van der Waals surface area contributed by atoms with Crippen molar-refractivity contribution in [2.24, 2.45) is 5.73 Å². The molecule has 18 heavy (non-hydrogen) atoms. The lowest BCUT2D eigenvalue weighted by Gasteiger charge is -2.36. The van der Waals surface area contributed by atoms with Gasteiger partial charge >= 0.3 is 0 Å². The molecule has 0 spiro atoms. The number of rotatable bonds is 2. The average molecular weight is 267 g/mol. The molecule has 6 heteroatoms. The largest absolute Gasteiger partial charge is 0.393 e. The Bertz CT molecular complexity index is 448. The van der Waals surface area contributed by atoms with Crippen molar-refractivity contribution in [3.8, 4) is 0 Å². The molecule has 1 aromatic heterocycles. The van der Waals surface area contributed by atoms with Crippen molar-refractivity contribution in [1.82, 2.24) is 9.88 Å². The number of hydrogen-bond acceptors (Lipinski definition) is 5. The van der Waals surface area contributed by atoms with Gasteiger partial charge < -0.3 is 15.7 Å². The summed E-state index contributed by atoms with van der Waals surface area (Å²) in [5.74, 6) is 0.00495. The molecule has 5 nitrogen and oxygen atoms in total. The summed E-state index contributed by atoms with van der Waals surface area (Å²) in [6, 6.07) is 0.378. The molecule has 2 aliphatic rings. The maximum absolute atomic E-state index is 12.4. The van der Waals surface area contributed by atoms with Crippen LogP contribution in [-0.4, -0.2) is 39.1 Å². The van der Waals surface area contributed by atoms with Gasteiger partial charge in [-0.1, -0.05) is 0 Å². The fraction of sp³-hybridized carbons (Fsp3) is 0.667. The van der Waals surface area contributed by atoms with Crippen molar-refractivity contribution in [2.45, 2.75) is 50.4 Å². The predicted octanol–water partition coefficient (Wildman–Crippen LogP) is 0.730. The highest BCUT2D eigenvalue weighted by Gasteiger charge is 2.43. The Labute approximate surface area is 110 Å². The quantitative estimate of drug-likeness (QED) is 0.828. The Kier molecular flexibility index (Phi) is 3.09. The number of piperidine rings is 1. The van der Waals surface area contributed by atoms with Gasteiger partial charge in [-0.2, -0.15) is 0 Å². The van der Waals surface area contributed by atoms with Crippen LogP contribution in [0.25, 0.3) is 0 Å². The number of aromatic nitrogens is 1. The van der Waals surface area contributed by atoms with Crippen molar-refractivity contribution in [3.05, 3.63) is 16.1 Å². The zero-order valence-electron chi connectivity index (χ0n) is 10.1. The maximum atomic E-state index is 12.4. The second-order valence-electron chi connectivity index (χ2n) is 5.05. The third-order valence-electron chi connectivity index (χ3n) is 3.89. The van der Waals surface area contributed by atoms with Gasteiger partial charge in [0.25, 0.3) is 5.91 Å². The number of nitrogens with zero attached hydrogens (tertiary/aromatic N) is 2. The van der Waals surface area contributed by atoms with E-state index in [-0.39, 0.29) is 24.1 Å². The van der Waals surface area contributed by atoms with Crippen LogP contribution in [0.5, 0.6) is 0 Å². The van der Waals surface area contributed by atoms with E-state index < -0.39 is 0 Å². The normalized spacial score (nSPS) is 30.8. The van der Waals surface area contributed by atoms with Crippen LogP contribution in [0, 0.1) is 0 Å². The molecule has 3 N–H and O–H groups in total. The molecule has 2 saturated heterocycles. The van der Waals surface area contributed by atoms with Crippen LogP contribution < -0.4 is 5.73 Å². The third kappa shape index (κ3) is 1.94. The van der Waals surface area contributed by atoms with Crippen molar-refractivity contribution in [2.75, 3.05) is 0 Å². The Morgan fingerprint density at radius 1 is 1.50 bits per heavy atom. The summed E-state index contributed by atoms with van der Waals surface area (Å²) in [4.78, 5) is 18.6. The number of nitrogens with two attached hydrogens (primary N) is 1. The number of thiazole rings is 1. The number of aliphatic hydroxyl groups excluding tert-OH is 1. The SMILES string of the molecule is NCc1nc(C(=O)N2C3CCC2CC(O)C3)cs1. The van der Waals surface area contributed by atoms with Crippen LogP contribution in [0.1, 0.15) is 41.2 Å². The topological polar surface area (TPSA) is 79.5 Å². The smallest absolute Gasteiger partial charge is 0.273 e. The van der Waals surface area contributed by atoms with Crippen molar-refractivity contribution in [1.29, 1.82) is 0 Å². The summed E-state index contributed by atoms with van der Waals surface area (Å²) in [6.45, 7) is 0.378. The van der Waals surface area contributed by atoms with Crippen LogP contribution in [0.15, 0.2) is 5.38 Å². The molecule has 0 radical (unpaired) electrons. The van der Waals surface area contributed by atoms with Gasteiger partial charge in [0.1, 0.15) is 10.7 Å². The molecule has 1 amide bonds. The molecule has 98 valence electrons. The molecular weight excluding hydrogens is 250 g/mol. The number of hydrogen-bond donors (Lipinski definition) is 2. The lowest BCUT2D eigenvalue weighted by molar-refractivity contribution is 0.0283. The zero-order chi connectivity index (χ0) is 12.7. The van der Waals surface area contributed by atoms with E-state index in [4.69, 9.17) is 5.73 Å². The van der Waals surface area contributed by atoms with Crippen LogP contribution >= 0.6 is 11.3 Å². The first-order valence-corrected chi connectivity index (χ1v) is 7.22. The molecule has 2 unspecified atom stereocenters. The van der Waals surface area contributed by atoms with E-state index in [9.17, 15) is 9.90 Å². The van der Waals surface area contributed by atoms with E-state index in [0.29, 0.717) is 25.1 Å². The first kappa shape index (κ1) is 12.1. The second-order valence-corrected chi connectivity index (χ2v) is 6.00. The summed E-state index contributed by atoms with van der Waals surface area (Å²) in [5.41, 5.74) is 6.02. The van der Waals surface area contributed by atoms with Gasteiger partial charge in [-0.25, -0.2) is 4.98 Å². The number of carbonyl (C=O) groups is 1. The molecule has 2 bridgehead atoms. The molecule has 2 atom stereocenters. The molecule has 0 saturated carbocycles. The van der Waals surface area contributed by atoms with E-state index in [1.807, 2.05) is 4.90 Å². The van der Waals surface area contributed by atoms with Crippen LogP contribution in [0.2, 0.25) is 0 Å². The number of carbonyl (C=O) groups excluding carboxylic acids is 1. The number of amides is 1. The monoisotopic (exact) mass is 267 g/mol. The van der Waals surface area contributed by atoms with Gasteiger partial charge in [-0.15, -0.1) is 11.3 Å². The average Bonchev–Trinajstić information content (AvgIpc) is 2.92. The van der Waals surface area contributed by atoms with Crippen molar-refractivity contribution < 1.29 is 9.90 Å². The van der Waals surface area contributed by atoms with Gasteiger partial charge in [0.15, 0.2) is 0 Å². The molecule has 3 heterocycles. The Balaban J connectivity index is 1.81. The number of aliphatic hydroxyl groups is 1. The summed E-state index contributed by atoms with van der Waals surface area (Å²) in [5, 5.41) is 12.3. The Hall–Kier alpha value is -0.980. The summed E-state index contributed by atoms with van der Waals surface area (Å²) < 4.78 is 0. The standard InChI is InChI=1S/C12H17N3O2S/c13-5-11-14-10(6-18-11)12(17)15-7-1-2-8(15)4-9(16)3-7/h6-9,16H,1-5,13H2. The Morgan fingerprint density at radius 3 is 2.72 bits per heavy atom. The first-order valence-electron chi connectivity index (χ1n) is 6.34. The van der Waals surface area contributed by atoms with E-state index in [2.05, 4.69) is 4.98 Å². The highest BCUT2D eigenvalue weighted by molar-refractivity contribution is 7.09. The summed E-state index contributed by atoms with van der Waals surface area (Å²) in [6.07, 6.45) is 3.16. The van der Waals surface area contributed by atoms with Crippen molar-refractivity contribution >= 4 is 17.2 Å². The molecule has 3 rings (SSSR count). The summed E-state index contributed by atoms with van der Waals surface area (Å²) >= 11 is 1.43. The highest BCUT2D eigenvalue weighted by Crippen LogP contribution is 2.36. The molecule has 0 aromatic carbocycles. The zero-order valence-corrected chi connectivity index (χ0v) is 10.9. The maximum Gasteiger partial charge on any atom is 0.273 e. The van der Waals surface area contributed by atoms with E-state index in [0.717, 1.165) is 17.8 Å². The minimum absolute atomic E-state index is 0.00495. The third-order valence-corrected chi connectivity index (χ3v) is 4.76. The fourth-order valence-electron chi connectivity index (χ4n) is 3.12. The van der Waals surface area contributed by atoms with Gasteiger partial charge in [0, 0.05) is 24.0 Å².